The minimum absolute atomic E-state index is 0.157. The zero-order valence-corrected chi connectivity index (χ0v) is 20.1. The van der Waals surface area contributed by atoms with E-state index in [2.05, 4.69) is 21.2 Å². The molecular formula is C26H20BrFN2O5. The molecule has 0 heterocycles. The van der Waals surface area contributed by atoms with Crippen molar-refractivity contribution < 1.29 is 28.6 Å². The van der Waals surface area contributed by atoms with Gasteiger partial charge in [0.2, 0.25) is 0 Å². The Morgan fingerprint density at radius 2 is 1.80 bits per heavy atom. The minimum atomic E-state index is -1.01. The molecule has 3 aromatic carbocycles. The Hall–Kier alpha value is -4.16. The van der Waals surface area contributed by atoms with E-state index in [0.29, 0.717) is 33.8 Å². The van der Waals surface area contributed by atoms with Gasteiger partial charge in [0, 0.05) is 5.69 Å². The van der Waals surface area contributed by atoms with Crippen LogP contribution in [0.5, 0.6) is 11.5 Å². The van der Waals surface area contributed by atoms with Crippen molar-refractivity contribution in [2.24, 2.45) is 0 Å². The van der Waals surface area contributed by atoms with Crippen molar-refractivity contribution in [2.75, 3.05) is 11.9 Å². The Morgan fingerprint density at radius 3 is 2.40 bits per heavy atom. The van der Waals surface area contributed by atoms with Crippen LogP contribution in [0.3, 0.4) is 0 Å². The molecule has 35 heavy (non-hydrogen) atoms. The summed E-state index contributed by atoms with van der Waals surface area (Å²) in [6, 6.07) is 16.7. The Bertz CT molecular complexity index is 1300. The van der Waals surface area contributed by atoms with Crippen molar-refractivity contribution in [2.45, 2.75) is 13.5 Å². The van der Waals surface area contributed by atoms with Gasteiger partial charge in [0.05, 0.1) is 16.6 Å². The number of carboxylic acids is 1. The Morgan fingerprint density at radius 1 is 1.11 bits per heavy atom. The summed E-state index contributed by atoms with van der Waals surface area (Å²) in [7, 11) is 0. The second kappa shape index (κ2) is 11.8. The molecule has 0 fully saturated rings. The Balaban J connectivity index is 1.81. The van der Waals surface area contributed by atoms with Gasteiger partial charge in [-0.3, -0.25) is 4.79 Å². The van der Waals surface area contributed by atoms with Gasteiger partial charge in [0.15, 0.2) is 11.5 Å². The molecule has 0 unspecified atom stereocenters. The average molecular weight is 539 g/mol. The highest BCUT2D eigenvalue weighted by molar-refractivity contribution is 9.10. The molecule has 0 bridgehead atoms. The van der Waals surface area contributed by atoms with E-state index in [-0.39, 0.29) is 17.7 Å². The van der Waals surface area contributed by atoms with Gasteiger partial charge in [-0.15, -0.1) is 0 Å². The van der Waals surface area contributed by atoms with Gasteiger partial charge in [0.25, 0.3) is 5.91 Å². The second-order valence-electron chi connectivity index (χ2n) is 7.18. The van der Waals surface area contributed by atoms with E-state index in [1.165, 1.54) is 42.5 Å². The van der Waals surface area contributed by atoms with Crippen LogP contribution in [0.25, 0.3) is 6.08 Å². The van der Waals surface area contributed by atoms with E-state index in [4.69, 9.17) is 14.6 Å². The van der Waals surface area contributed by atoms with Crippen LogP contribution in [0.4, 0.5) is 10.1 Å². The van der Waals surface area contributed by atoms with Crippen LogP contribution in [-0.2, 0) is 11.4 Å². The first-order valence-corrected chi connectivity index (χ1v) is 11.2. The lowest BCUT2D eigenvalue weighted by atomic mass is 10.1. The molecular weight excluding hydrogens is 519 g/mol. The zero-order valence-electron chi connectivity index (χ0n) is 18.5. The lowest BCUT2D eigenvalue weighted by Crippen LogP contribution is -2.13. The molecule has 3 aromatic rings. The summed E-state index contributed by atoms with van der Waals surface area (Å²) >= 11 is 3.45. The van der Waals surface area contributed by atoms with Gasteiger partial charge in [-0.2, -0.15) is 5.26 Å². The number of carbonyl (C=O) groups excluding carboxylic acids is 1. The smallest absolute Gasteiger partial charge is 0.335 e. The maximum atomic E-state index is 13.1. The van der Waals surface area contributed by atoms with Crippen LogP contribution in [0, 0.1) is 17.1 Å². The molecule has 0 aliphatic heterocycles. The minimum Gasteiger partial charge on any atom is -0.490 e. The van der Waals surface area contributed by atoms with Crippen LogP contribution in [0.1, 0.15) is 28.4 Å². The molecule has 178 valence electrons. The molecule has 0 aliphatic carbocycles. The number of carbonyl (C=O) groups is 2. The number of nitrogens with one attached hydrogen (secondary N) is 1. The highest BCUT2D eigenvalue weighted by atomic mass is 79.9. The van der Waals surface area contributed by atoms with E-state index < -0.39 is 17.7 Å². The van der Waals surface area contributed by atoms with Crippen LogP contribution in [0.2, 0.25) is 0 Å². The molecule has 0 spiro atoms. The van der Waals surface area contributed by atoms with Crippen LogP contribution >= 0.6 is 15.9 Å². The summed E-state index contributed by atoms with van der Waals surface area (Å²) in [4.78, 5) is 23.5. The standard InChI is InChI=1S/C26H20BrFN2O5/c1-2-34-23-13-17(11-19(14-29)25(31)30-21-9-7-20(28)8-10-21)12-22(27)24(23)35-15-16-3-5-18(6-4-16)26(32)33/h3-13H,2,15H2,1H3,(H,30,31)(H,32,33)/b19-11+. The lowest BCUT2D eigenvalue weighted by Gasteiger charge is -2.15. The number of carboxylic acid groups (broad SMARTS) is 1. The third kappa shape index (κ3) is 6.91. The van der Waals surface area contributed by atoms with Crippen molar-refractivity contribution >= 4 is 39.6 Å². The van der Waals surface area contributed by atoms with E-state index >= 15 is 0 Å². The summed E-state index contributed by atoms with van der Waals surface area (Å²) in [6.07, 6.45) is 1.40. The van der Waals surface area contributed by atoms with Crippen molar-refractivity contribution in [1.82, 2.24) is 0 Å². The largest absolute Gasteiger partial charge is 0.490 e. The third-order valence-corrected chi connectivity index (χ3v) is 5.28. The normalized spacial score (nSPS) is 10.9. The number of hydrogen-bond donors (Lipinski definition) is 2. The van der Waals surface area contributed by atoms with E-state index in [9.17, 15) is 19.2 Å². The molecule has 7 nitrogen and oxygen atoms in total. The number of rotatable bonds is 9. The highest BCUT2D eigenvalue weighted by Crippen LogP contribution is 2.38. The zero-order chi connectivity index (χ0) is 25.4. The molecule has 0 saturated carbocycles. The monoisotopic (exact) mass is 538 g/mol. The van der Waals surface area contributed by atoms with E-state index in [1.54, 1.807) is 24.3 Å². The van der Waals surface area contributed by atoms with Crippen LogP contribution in [0.15, 0.2) is 70.7 Å². The van der Waals surface area contributed by atoms with Gasteiger partial charge in [0.1, 0.15) is 24.1 Å². The maximum absolute atomic E-state index is 13.1. The summed E-state index contributed by atoms with van der Waals surface area (Å²) < 4.78 is 25.2. The predicted molar refractivity (Wildman–Crippen MR) is 132 cm³/mol. The number of hydrogen-bond acceptors (Lipinski definition) is 5. The Labute approximate surface area is 209 Å². The van der Waals surface area contributed by atoms with Crippen LogP contribution < -0.4 is 14.8 Å². The summed E-state index contributed by atoms with van der Waals surface area (Å²) in [5.74, 6) is -1.28. The fourth-order valence-electron chi connectivity index (χ4n) is 3.02. The molecule has 0 atom stereocenters. The first-order valence-electron chi connectivity index (χ1n) is 10.4. The van der Waals surface area contributed by atoms with Gasteiger partial charge in [-0.25, -0.2) is 9.18 Å². The number of benzene rings is 3. The molecule has 9 heteroatoms. The van der Waals surface area contributed by atoms with Gasteiger partial charge in [-0.05, 0) is 88.6 Å². The average Bonchev–Trinajstić information content (AvgIpc) is 2.83. The van der Waals surface area contributed by atoms with Gasteiger partial charge >= 0.3 is 5.97 Å². The molecule has 0 saturated heterocycles. The first-order chi connectivity index (χ1) is 16.8. The molecule has 1 amide bonds. The topological polar surface area (TPSA) is 109 Å². The van der Waals surface area contributed by atoms with Gasteiger partial charge < -0.3 is 19.9 Å². The van der Waals surface area contributed by atoms with Crippen molar-refractivity contribution in [1.29, 1.82) is 5.26 Å². The molecule has 3 rings (SSSR count). The Kier molecular flexibility index (Phi) is 8.59. The molecule has 2 N–H and O–H groups in total. The molecule has 0 aromatic heterocycles. The number of nitrogens with zero attached hydrogens (tertiary/aromatic N) is 1. The fourth-order valence-corrected chi connectivity index (χ4v) is 3.59. The van der Waals surface area contributed by atoms with Crippen molar-refractivity contribution in [3.8, 4) is 17.6 Å². The van der Waals surface area contributed by atoms with Gasteiger partial charge in [-0.1, -0.05) is 12.1 Å². The summed E-state index contributed by atoms with van der Waals surface area (Å²) in [5, 5.41) is 21.1. The molecule has 0 aliphatic rings. The quantitative estimate of drug-likeness (QED) is 0.263. The molecule has 0 radical (unpaired) electrons. The first kappa shape index (κ1) is 25.5. The SMILES string of the molecule is CCOc1cc(/C=C(\C#N)C(=O)Nc2ccc(F)cc2)cc(Br)c1OCc1ccc(C(=O)O)cc1. The number of ether oxygens (including phenoxy) is 2. The summed E-state index contributed by atoms with van der Waals surface area (Å²) in [5.41, 5.74) is 1.66. The maximum Gasteiger partial charge on any atom is 0.335 e. The van der Waals surface area contributed by atoms with E-state index in [0.717, 1.165) is 5.56 Å². The van der Waals surface area contributed by atoms with Crippen molar-refractivity contribution in [3.05, 3.63) is 93.2 Å². The van der Waals surface area contributed by atoms with Crippen LogP contribution in [-0.4, -0.2) is 23.6 Å². The third-order valence-electron chi connectivity index (χ3n) is 4.69. The number of anilines is 1. The number of amides is 1. The predicted octanol–water partition coefficient (Wildman–Crippen LogP) is 5.81. The van der Waals surface area contributed by atoms with Crippen molar-refractivity contribution in [3.63, 3.8) is 0 Å². The highest BCUT2D eigenvalue weighted by Gasteiger charge is 2.15. The number of halogens is 2. The summed E-state index contributed by atoms with van der Waals surface area (Å²) in [6.45, 7) is 2.32. The fraction of sp³-hybridized carbons (Fsp3) is 0.115. The number of aromatic carboxylic acids is 1. The second-order valence-corrected chi connectivity index (χ2v) is 8.04. The van der Waals surface area contributed by atoms with E-state index in [1.807, 2.05) is 13.0 Å². The lowest BCUT2D eigenvalue weighted by molar-refractivity contribution is -0.112. The number of nitriles is 1.